The second-order valence-electron chi connectivity index (χ2n) is 3.12. The first-order valence-electron chi connectivity index (χ1n) is 4.74. The van der Waals surface area contributed by atoms with Gasteiger partial charge in [0.05, 0.1) is 5.02 Å². The minimum absolute atomic E-state index is 0.476. The van der Waals surface area contributed by atoms with Gasteiger partial charge >= 0.3 is 0 Å². The monoisotopic (exact) mass is 255 g/mol. The van der Waals surface area contributed by atoms with Crippen molar-refractivity contribution >= 4 is 28.8 Å². The quantitative estimate of drug-likeness (QED) is 0.856. The summed E-state index contributed by atoms with van der Waals surface area (Å²) in [6.45, 7) is 1.99. The molecule has 0 aliphatic rings. The maximum atomic E-state index is 5.96. The van der Waals surface area contributed by atoms with E-state index in [0.717, 1.165) is 12.2 Å². The van der Waals surface area contributed by atoms with E-state index in [-0.39, 0.29) is 0 Å². The fourth-order valence-electron chi connectivity index (χ4n) is 1.12. The normalized spacial score (nSPS) is 10.4. The van der Waals surface area contributed by atoms with Crippen LogP contribution in [-0.4, -0.2) is 9.36 Å². The number of rotatable bonds is 3. The summed E-state index contributed by atoms with van der Waals surface area (Å²) in [4.78, 5) is 4.18. The van der Waals surface area contributed by atoms with Crippen molar-refractivity contribution in [1.29, 1.82) is 0 Å². The lowest BCUT2D eigenvalue weighted by molar-refractivity contribution is 0.478. The summed E-state index contributed by atoms with van der Waals surface area (Å²) in [5.41, 5.74) is 6.24. The van der Waals surface area contributed by atoms with Crippen molar-refractivity contribution in [2.45, 2.75) is 13.3 Å². The van der Waals surface area contributed by atoms with E-state index in [4.69, 9.17) is 22.1 Å². The van der Waals surface area contributed by atoms with Gasteiger partial charge in [-0.3, -0.25) is 0 Å². The van der Waals surface area contributed by atoms with Gasteiger partial charge in [0.15, 0.2) is 5.75 Å². The van der Waals surface area contributed by atoms with Gasteiger partial charge in [0.1, 0.15) is 5.82 Å². The average molecular weight is 256 g/mol. The number of benzene rings is 1. The van der Waals surface area contributed by atoms with Crippen LogP contribution < -0.4 is 10.5 Å². The molecule has 0 fully saturated rings. The van der Waals surface area contributed by atoms with Gasteiger partial charge in [-0.2, -0.15) is 9.36 Å². The molecule has 0 aliphatic heterocycles. The van der Waals surface area contributed by atoms with Crippen LogP contribution in [0.5, 0.6) is 10.9 Å². The molecule has 0 aliphatic carbocycles. The highest BCUT2D eigenvalue weighted by atomic mass is 35.5. The van der Waals surface area contributed by atoms with E-state index in [1.165, 1.54) is 11.5 Å². The van der Waals surface area contributed by atoms with Gasteiger partial charge in [0.25, 0.3) is 5.19 Å². The van der Waals surface area contributed by atoms with Crippen molar-refractivity contribution in [3.8, 4) is 10.9 Å². The minimum Gasteiger partial charge on any atom is -0.428 e. The summed E-state index contributed by atoms with van der Waals surface area (Å²) in [7, 11) is 0. The summed E-state index contributed by atoms with van der Waals surface area (Å²) in [6, 6.07) is 5.07. The van der Waals surface area contributed by atoms with Crippen molar-refractivity contribution in [2.24, 2.45) is 0 Å². The lowest BCUT2D eigenvalue weighted by Crippen LogP contribution is -1.89. The van der Waals surface area contributed by atoms with Crippen LogP contribution in [-0.2, 0) is 6.42 Å². The van der Waals surface area contributed by atoms with Crippen LogP contribution in [0.15, 0.2) is 18.2 Å². The fraction of sp³-hybridized carbons (Fsp3) is 0.200. The Hall–Kier alpha value is -1.33. The minimum atomic E-state index is 0.476. The van der Waals surface area contributed by atoms with E-state index in [2.05, 4.69) is 9.36 Å². The van der Waals surface area contributed by atoms with Gasteiger partial charge in [0.2, 0.25) is 0 Å². The first kappa shape index (κ1) is 11.2. The van der Waals surface area contributed by atoms with Crippen LogP contribution in [0.3, 0.4) is 0 Å². The van der Waals surface area contributed by atoms with Crippen molar-refractivity contribution < 1.29 is 4.74 Å². The largest absolute Gasteiger partial charge is 0.428 e. The smallest absolute Gasteiger partial charge is 0.298 e. The number of hydrogen-bond acceptors (Lipinski definition) is 5. The summed E-state index contributed by atoms with van der Waals surface area (Å²) >= 11 is 7.16. The first-order valence-corrected chi connectivity index (χ1v) is 5.89. The zero-order valence-corrected chi connectivity index (χ0v) is 10.2. The van der Waals surface area contributed by atoms with Gasteiger partial charge in [-0.15, -0.1) is 0 Å². The molecular formula is C10H10ClN3OS. The van der Waals surface area contributed by atoms with E-state index in [9.17, 15) is 0 Å². The van der Waals surface area contributed by atoms with Crippen LogP contribution in [0.2, 0.25) is 5.02 Å². The maximum Gasteiger partial charge on any atom is 0.298 e. The Labute approximate surface area is 102 Å². The zero-order chi connectivity index (χ0) is 11.5. The third kappa shape index (κ3) is 2.43. The van der Waals surface area contributed by atoms with E-state index in [0.29, 0.717) is 21.7 Å². The third-order valence-electron chi connectivity index (χ3n) is 1.92. The van der Waals surface area contributed by atoms with E-state index in [1.807, 2.05) is 6.92 Å². The number of ether oxygens (including phenoxy) is 1. The molecule has 2 aromatic rings. The molecule has 1 heterocycles. The molecule has 0 spiro atoms. The molecule has 1 aromatic heterocycles. The Kier molecular flexibility index (Phi) is 3.26. The van der Waals surface area contributed by atoms with Crippen LogP contribution in [0.25, 0.3) is 0 Å². The molecule has 6 heteroatoms. The van der Waals surface area contributed by atoms with Crippen molar-refractivity contribution in [1.82, 2.24) is 9.36 Å². The molecule has 0 amide bonds. The van der Waals surface area contributed by atoms with E-state index >= 15 is 0 Å². The van der Waals surface area contributed by atoms with Crippen molar-refractivity contribution in [3.63, 3.8) is 0 Å². The summed E-state index contributed by atoms with van der Waals surface area (Å²) < 4.78 is 9.62. The lowest BCUT2D eigenvalue weighted by Gasteiger charge is -2.04. The topological polar surface area (TPSA) is 61.0 Å². The Bertz CT molecular complexity index is 501. The number of anilines is 1. The highest BCUT2D eigenvalue weighted by Gasteiger charge is 2.08. The van der Waals surface area contributed by atoms with Crippen molar-refractivity contribution in [2.75, 3.05) is 5.73 Å². The number of aromatic nitrogens is 2. The molecular weight excluding hydrogens is 246 g/mol. The fourth-order valence-corrected chi connectivity index (χ4v) is 1.90. The molecule has 0 saturated heterocycles. The van der Waals surface area contributed by atoms with Gasteiger partial charge in [0, 0.05) is 29.7 Å². The number of nitrogens with zero attached hydrogens (tertiary/aromatic N) is 2. The molecule has 0 unspecified atom stereocenters. The molecule has 0 saturated carbocycles. The number of hydrogen-bond donors (Lipinski definition) is 1. The maximum absolute atomic E-state index is 5.96. The number of halogens is 1. The van der Waals surface area contributed by atoms with E-state index in [1.54, 1.807) is 18.2 Å². The molecule has 0 radical (unpaired) electrons. The molecule has 1 aromatic carbocycles. The van der Waals surface area contributed by atoms with Gasteiger partial charge in [-0.25, -0.2) is 0 Å². The molecule has 0 atom stereocenters. The van der Waals surface area contributed by atoms with Gasteiger partial charge < -0.3 is 10.5 Å². The number of nitrogens with two attached hydrogens (primary N) is 1. The van der Waals surface area contributed by atoms with E-state index < -0.39 is 0 Å². The van der Waals surface area contributed by atoms with Crippen LogP contribution >= 0.6 is 23.1 Å². The van der Waals surface area contributed by atoms with Crippen LogP contribution in [0, 0.1) is 0 Å². The van der Waals surface area contributed by atoms with Crippen LogP contribution in [0.1, 0.15) is 12.7 Å². The number of aryl methyl sites for hydroxylation is 1. The van der Waals surface area contributed by atoms with Gasteiger partial charge in [-0.1, -0.05) is 18.5 Å². The Morgan fingerprint density at radius 3 is 3.00 bits per heavy atom. The predicted octanol–water partition coefficient (Wildman–Crippen LogP) is 3.13. The first-order chi connectivity index (χ1) is 7.69. The third-order valence-corrected chi connectivity index (χ3v) is 2.86. The summed E-state index contributed by atoms with van der Waals surface area (Å²) in [5.74, 6) is 1.26. The standard InChI is InChI=1S/C10H10ClN3OS/c1-2-9-13-10(16-14-9)15-8-5-6(12)3-4-7(8)11/h3-5H,2,12H2,1H3. The SMILES string of the molecule is CCc1nsc(Oc2cc(N)ccc2Cl)n1. The second kappa shape index (κ2) is 4.67. The van der Waals surface area contributed by atoms with Crippen molar-refractivity contribution in [3.05, 3.63) is 29.0 Å². The Morgan fingerprint density at radius 1 is 1.50 bits per heavy atom. The summed E-state index contributed by atoms with van der Waals surface area (Å²) in [5, 5.41) is 0.979. The molecule has 2 rings (SSSR count). The highest BCUT2D eigenvalue weighted by molar-refractivity contribution is 7.07. The zero-order valence-electron chi connectivity index (χ0n) is 8.61. The molecule has 0 bridgehead atoms. The second-order valence-corrected chi connectivity index (χ2v) is 4.24. The lowest BCUT2D eigenvalue weighted by atomic mass is 10.3. The number of nitrogen functional groups attached to an aromatic ring is 1. The Morgan fingerprint density at radius 2 is 2.31 bits per heavy atom. The molecule has 84 valence electrons. The van der Waals surface area contributed by atoms with Crippen LogP contribution in [0.4, 0.5) is 5.69 Å². The Balaban J connectivity index is 2.22. The molecule has 2 N–H and O–H groups in total. The summed E-state index contributed by atoms with van der Waals surface area (Å²) in [6.07, 6.45) is 0.782. The van der Waals surface area contributed by atoms with Gasteiger partial charge in [-0.05, 0) is 12.1 Å². The predicted molar refractivity (Wildman–Crippen MR) is 65.2 cm³/mol. The molecule has 16 heavy (non-hydrogen) atoms. The average Bonchev–Trinajstić information content (AvgIpc) is 2.71. The molecule has 4 nitrogen and oxygen atoms in total. The highest BCUT2D eigenvalue weighted by Crippen LogP contribution is 2.31.